The van der Waals surface area contributed by atoms with Gasteiger partial charge in [0.1, 0.15) is 5.65 Å². The molecular formula is C28H37N5O2S. The number of aromatic amines is 1. The van der Waals surface area contributed by atoms with Gasteiger partial charge >= 0.3 is 0 Å². The Kier molecular flexibility index (Phi) is 6.86. The van der Waals surface area contributed by atoms with Gasteiger partial charge in [0.05, 0.1) is 4.90 Å². The zero-order valence-corrected chi connectivity index (χ0v) is 21.8. The lowest BCUT2D eigenvalue weighted by molar-refractivity contribution is 0.0759. The van der Waals surface area contributed by atoms with Gasteiger partial charge in [-0.15, -0.1) is 0 Å². The van der Waals surface area contributed by atoms with Crippen LogP contribution in [0.4, 0.5) is 0 Å². The van der Waals surface area contributed by atoms with Gasteiger partial charge in [0.2, 0.25) is 10.0 Å². The number of rotatable bonds is 6. The number of likely N-dealkylation sites (tertiary alicyclic amines) is 1. The summed E-state index contributed by atoms with van der Waals surface area (Å²) >= 11 is 0. The minimum atomic E-state index is -3.40. The molecule has 3 aliphatic rings. The number of hydrogen-bond acceptors (Lipinski definition) is 5. The fourth-order valence-corrected chi connectivity index (χ4v) is 7.96. The van der Waals surface area contributed by atoms with Gasteiger partial charge < -0.3 is 10.3 Å². The predicted octanol–water partition coefficient (Wildman–Crippen LogP) is 4.16. The molecule has 1 atom stereocenters. The highest BCUT2D eigenvalue weighted by molar-refractivity contribution is 7.89. The first-order valence-electron chi connectivity index (χ1n) is 13.6. The molecule has 0 bridgehead atoms. The van der Waals surface area contributed by atoms with Crippen LogP contribution in [-0.4, -0.2) is 72.4 Å². The zero-order chi connectivity index (χ0) is 24.5. The molecule has 3 saturated heterocycles. The summed E-state index contributed by atoms with van der Waals surface area (Å²) in [6.45, 7) is 4.72. The van der Waals surface area contributed by atoms with Crippen LogP contribution >= 0.6 is 0 Å². The van der Waals surface area contributed by atoms with Crippen LogP contribution in [-0.2, 0) is 16.4 Å². The van der Waals surface area contributed by atoms with Crippen molar-refractivity contribution >= 4 is 21.1 Å². The van der Waals surface area contributed by atoms with Crippen molar-refractivity contribution < 1.29 is 8.42 Å². The molecular weight excluding hydrogens is 470 g/mol. The molecule has 0 aliphatic carbocycles. The Hall–Kier alpha value is -2.26. The molecule has 2 N–H and O–H groups in total. The Morgan fingerprint density at radius 1 is 0.917 bits per heavy atom. The number of sulfonamides is 1. The lowest BCUT2D eigenvalue weighted by atomic mass is 9.93. The topological polar surface area (TPSA) is 81.3 Å². The van der Waals surface area contributed by atoms with E-state index in [4.69, 9.17) is 0 Å². The minimum Gasteiger partial charge on any atom is -0.343 e. The number of nitrogens with zero attached hydrogens (tertiary/aromatic N) is 3. The molecule has 8 heteroatoms. The Morgan fingerprint density at radius 3 is 2.44 bits per heavy atom. The molecule has 0 saturated carbocycles. The zero-order valence-electron chi connectivity index (χ0n) is 21.0. The molecule has 3 aromatic rings. The van der Waals surface area contributed by atoms with E-state index in [0.717, 1.165) is 54.5 Å². The Labute approximate surface area is 214 Å². The van der Waals surface area contributed by atoms with Crippen molar-refractivity contribution in [1.29, 1.82) is 0 Å². The lowest BCUT2D eigenvalue weighted by Crippen LogP contribution is -2.50. The van der Waals surface area contributed by atoms with E-state index in [1.807, 2.05) is 24.4 Å². The molecule has 3 fully saturated rings. The largest absolute Gasteiger partial charge is 0.343 e. The number of fused-ring (bicyclic) bond motifs is 1. The summed E-state index contributed by atoms with van der Waals surface area (Å²) in [5.74, 6) is 0. The van der Waals surface area contributed by atoms with E-state index in [-0.39, 0.29) is 0 Å². The highest BCUT2D eigenvalue weighted by Crippen LogP contribution is 2.32. The standard InChI is InChI=1S/C28H37N5O2S/c34-36(35,32-16-3-4-17-32)25-8-6-21(7-9-25)26-12-15-30-28-27(26)20-22(31-28)19-24-5-1-2-18-33(24)23-10-13-29-14-11-23/h6-9,12,15,20,23-24,29H,1-5,10-11,13-14,16-19H2,(H,30,31). The molecule has 1 unspecified atom stereocenters. The van der Waals surface area contributed by atoms with Crippen LogP contribution in [0.3, 0.4) is 0 Å². The summed E-state index contributed by atoms with van der Waals surface area (Å²) in [5.41, 5.74) is 4.25. The summed E-state index contributed by atoms with van der Waals surface area (Å²) in [5, 5.41) is 4.61. The normalized spacial score (nSPS) is 22.9. The van der Waals surface area contributed by atoms with Gasteiger partial charge in [0.25, 0.3) is 0 Å². The van der Waals surface area contributed by atoms with E-state index >= 15 is 0 Å². The van der Waals surface area contributed by atoms with E-state index in [1.165, 1.54) is 44.3 Å². The molecule has 1 aromatic carbocycles. The first kappa shape index (κ1) is 24.1. The van der Waals surface area contributed by atoms with Crippen molar-refractivity contribution in [3.05, 3.63) is 48.3 Å². The molecule has 5 heterocycles. The third-order valence-electron chi connectivity index (χ3n) is 8.36. The fraction of sp³-hybridized carbons (Fsp3) is 0.536. The molecule has 2 aromatic heterocycles. The van der Waals surface area contributed by atoms with Crippen molar-refractivity contribution in [1.82, 2.24) is 24.5 Å². The second-order valence-corrected chi connectivity index (χ2v) is 12.6. The number of nitrogens with one attached hydrogen (secondary N) is 2. The quantitative estimate of drug-likeness (QED) is 0.524. The molecule has 0 spiro atoms. The number of H-pyrrole nitrogens is 1. The summed E-state index contributed by atoms with van der Waals surface area (Å²) < 4.78 is 27.5. The van der Waals surface area contributed by atoms with Crippen molar-refractivity contribution in [2.75, 3.05) is 32.7 Å². The molecule has 192 valence electrons. The van der Waals surface area contributed by atoms with Gasteiger partial charge in [-0.2, -0.15) is 4.31 Å². The Bertz CT molecular complexity index is 1290. The van der Waals surface area contributed by atoms with E-state index in [9.17, 15) is 8.42 Å². The lowest BCUT2D eigenvalue weighted by Gasteiger charge is -2.43. The van der Waals surface area contributed by atoms with Gasteiger partial charge in [-0.1, -0.05) is 18.6 Å². The van der Waals surface area contributed by atoms with Crippen LogP contribution < -0.4 is 5.32 Å². The van der Waals surface area contributed by atoms with Gasteiger partial charge in [0.15, 0.2) is 0 Å². The molecule has 3 aliphatic heterocycles. The van der Waals surface area contributed by atoms with Crippen molar-refractivity contribution in [2.24, 2.45) is 0 Å². The first-order valence-corrected chi connectivity index (χ1v) is 15.1. The van der Waals surface area contributed by atoms with Crippen LogP contribution in [0, 0.1) is 0 Å². The van der Waals surface area contributed by atoms with E-state index in [2.05, 4.69) is 26.3 Å². The van der Waals surface area contributed by atoms with Crippen molar-refractivity contribution in [3.63, 3.8) is 0 Å². The van der Waals surface area contributed by atoms with Crippen LogP contribution in [0.15, 0.2) is 47.5 Å². The number of aromatic nitrogens is 2. The Balaban J connectivity index is 1.24. The maximum atomic E-state index is 12.9. The third kappa shape index (κ3) is 4.72. The van der Waals surface area contributed by atoms with Gasteiger partial charge in [-0.25, -0.2) is 13.4 Å². The monoisotopic (exact) mass is 507 g/mol. The molecule has 6 rings (SSSR count). The summed E-state index contributed by atoms with van der Waals surface area (Å²) in [7, 11) is -3.40. The highest BCUT2D eigenvalue weighted by Gasteiger charge is 2.30. The maximum absolute atomic E-state index is 12.9. The second-order valence-electron chi connectivity index (χ2n) is 10.6. The SMILES string of the molecule is O=S(=O)(c1ccc(-c2ccnc3[nH]c(CC4CCCCN4C4CCNCC4)cc23)cc1)N1CCCC1. The first-order chi connectivity index (χ1) is 17.6. The fourth-order valence-electron chi connectivity index (χ4n) is 6.44. The van der Waals surface area contributed by atoms with E-state index in [1.54, 1.807) is 16.4 Å². The summed E-state index contributed by atoms with van der Waals surface area (Å²) in [4.78, 5) is 11.4. The van der Waals surface area contributed by atoms with Gasteiger partial charge in [-0.05, 0) is 93.6 Å². The maximum Gasteiger partial charge on any atom is 0.243 e. The number of hydrogen-bond donors (Lipinski definition) is 2. The number of piperidine rings is 2. The van der Waals surface area contributed by atoms with Crippen molar-refractivity contribution in [3.8, 4) is 11.1 Å². The Morgan fingerprint density at radius 2 is 1.67 bits per heavy atom. The van der Waals surface area contributed by atoms with Crippen LogP contribution in [0.1, 0.15) is 50.6 Å². The molecule has 0 radical (unpaired) electrons. The van der Waals surface area contributed by atoms with Crippen LogP contribution in [0.5, 0.6) is 0 Å². The smallest absolute Gasteiger partial charge is 0.243 e. The predicted molar refractivity (Wildman–Crippen MR) is 143 cm³/mol. The minimum absolute atomic E-state index is 0.378. The van der Waals surface area contributed by atoms with E-state index in [0.29, 0.717) is 30.1 Å². The summed E-state index contributed by atoms with van der Waals surface area (Å²) in [6, 6.07) is 12.9. The van der Waals surface area contributed by atoms with Crippen LogP contribution in [0.25, 0.3) is 22.2 Å². The van der Waals surface area contributed by atoms with Gasteiger partial charge in [-0.3, -0.25) is 4.90 Å². The average Bonchev–Trinajstić information content (AvgIpc) is 3.60. The molecule has 7 nitrogen and oxygen atoms in total. The van der Waals surface area contributed by atoms with E-state index < -0.39 is 10.0 Å². The highest BCUT2D eigenvalue weighted by atomic mass is 32.2. The summed E-state index contributed by atoms with van der Waals surface area (Å²) in [6.07, 6.45) is 11.1. The average molecular weight is 508 g/mol. The molecule has 36 heavy (non-hydrogen) atoms. The van der Waals surface area contributed by atoms with Gasteiger partial charge in [0, 0.05) is 48.9 Å². The van der Waals surface area contributed by atoms with Crippen molar-refractivity contribution in [2.45, 2.75) is 68.3 Å². The number of pyridine rings is 1. The molecule has 0 amide bonds. The van der Waals surface area contributed by atoms with Crippen LogP contribution in [0.2, 0.25) is 0 Å². The number of benzene rings is 1. The third-order valence-corrected chi connectivity index (χ3v) is 10.3. The second kappa shape index (κ2) is 10.2.